The topological polar surface area (TPSA) is 46.3 Å². The summed E-state index contributed by atoms with van der Waals surface area (Å²) < 4.78 is 46.1. The molecule has 22 heavy (non-hydrogen) atoms. The molecule has 0 aliphatic heterocycles. The van der Waals surface area contributed by atoms with Gasteiger partial charge in [-0.2, -0.15) is 0 Å². The predicted molar refractivity (Wildman–Crippen MR) is 73.2 cm³/mol. The summed E-state index contributed by atoms with van der Waals surface area (Å²) in [5, 5.41) is 13.2. The van der Waals surface area contributed by atoms with Crippen LogP contribution in [0.2, 0.25) is 0 Å². The number of aromatic nitrogens is 1. The minimum Gasteiger partial charge on any atom is -0.391 e. The van der Waals surface area contributed by atoms with Crippen LogP contribution in [-0.2, 0) is 6.61 Å². The van der Waals surface area contributed by atoms with E-state index in [1.165, 1.54) is 30.3 Å². The van der Waals surface area contributed by atoms with Crippen LogP contribution in [-0.4, -0.2) is 10.3 Å². The number of halogens is 3. The van der Waals surface area contributed by atoms with Crippen LogP contribution in [0, 0.1) is 17.5 Å². The molecule has 0 radical (unpaired) electrons. The van der Waals surface area contributed by atoms with E-state index in [9.17, 15) is 18.3 Å². The van der Waals surface area contributed by atoms with Gasteiger partial charge in [0.1, 0.15) is 11.5 Å². The van der Waals surface area contributed by atoms with Crippen LogP contribution in [0.5, 0.6) is 0 Å². The van der Waals surface area contributed by atoms with Gasteiger partial charge < -0.3 is 9.63 Å². The Morgan fingerprint density at radius 1 is 0.909 bits per heavy atom. The Morgan fingerprint density at radius 3 is 2.32 bits per heavy atom. The van der Waals surface area contributed by atoms with E-state index in [4.69, 9.17) is 4.52 Å². The summed E-state index contributed by atoms with van der Waals surface area (Å²) in [4.78, 5) is 0. The number of nitrogens with zero attached hydrogens (tertiary/aromatic N) is 1. The third-order valence-electron chi connectivity index (χ3n) is 3.27. The maximum Gasteiger partial charge on any atom is 0.175 e. The van der Waals surface area contributed by atoms with Gasteiger partial charge in [0.15, 0.2) is 17.4 Å². The molecule has 0 bridgehead atoms. The Morgan fingerprint density at radius 2 is 1.59 bits per heavy atom. The van der Waals surface area contributed by atoms with Gasteiger partial charge >= 0.3 is 0 Å². The average Bonchev–Trinajstić information content (AvgIpc) is 2.94. The first-order chi connectivity index (χ1) is 10.6. The van der Waals surface area contributed by atoms with Gasteiger partial charge in [0.25, 0.3) is 0 Å². The smallest absolute Gasteiger partial charge is 0.175 e. The van der Waals surface area contributed by atoms with Gasteiger partial charge in [-0.05, 0) is 24.3 Å². The molecule has 0 aliphatic carbocycles. The van der Waals surface area contributed by atoms with Crippen molar-refractivity contribution in [2.75, 3.05) is 0 Å². The highest BCUT2D eigenvalue weighted by Gasteiger charge is 2.23. The van der Waals surface area contributed by atoms with Crippen LogP contribution < -0.4 is 0 Å². The zero-order valence-corrected chi connectivity index (χ0v) is 11.2. The molecule has 0 saturated heterocycles. The molecule has 3 rings (SSSR count). The maximum absolute atomic E-state index is 13.9. The van der Waals surface area contributed by atoms with E-state index in [-0.39, 0.29) is 28.1 Å². The number of rotatable bonds is 3. The average molecular weight is 305 g/mol. The third-order valence-corrected chi connectivity index (χ3v) is 3.27. The highest BCUT2D eigenvalue weighted by atomic mass is 19.2. The zero-order chi connectivity index (χ0) is 15.7. The molecule has 0 spiro atoms. The fourth-order valence-corrected chi connectivity index (χ4v) is 2.21. The first-order valence-corrected chi connectivity index (χ1v) is 6.42. The van der Waals surface area contributed by atoms with E-state index < -0.39 is 24.1 Å². The van der Waals surface area contributed by atoms with Crippen molar-refractivity contribution in [1.29, 1.82) is 0 Å². The largest absolute Gasteiger partial charge is 0.391 e. The standard InChI is InChI=1S/C16H10F3NO2/c17-12-6-2-1-4-9(12)16-11(8-21)15(20-22-16)10-5-3-7-13(18)14(10)19/h1-7,21H,8H2. The summed E-state index contributed by atoms with van der Waals surface area (Å²) in [6.45, 7) is -0.557. The Balaban J connectivity index is 2.20. The molecule has 3 aromatic rings. The van der Waals surface area contributed by atoms with Crippen LogP contribution in [0.25, 0.3) is 22.6 Å². The van der Waals surface area contributed by atoms with E-state index in [1.54, 1.807) is 6.07 Å². The first kappa shape index (κ1) is 14.3. The zero-order valence-electron chi connectivity index (χ0n) is 11.2. The van der Waals surface area contributed by atoms with Crippen LogP contribution in [0.4, 0.5) is 13.2 Å². The second kappa shape index (κ2) is 5.65. The monoisotopic (exact) mass is 305 g/mol. The van der Waals surface area contributed by atoms with Gasteiger partial charge in [-0.3, -0.25) is 0 Å². The summed E-state index contributed by atoms with van der Waals surface area (Å²) in [7, 11) is 0. The van der Waals surface area contributed by atoms with Crippen LogP contribution in [0.3, 0.4) is 0 Å². The lowest BCUT2D eigenvalue weighted by atomic mass is 10.0. The Hall–Kier alpha value is -2.60. The molecule has 0 fully saturated rings. The molecule has 0 unspecified atom stereocenters. The molecule has 1 heterocycles. The van der Waals surface area contributed by atoms with Crippen molar-refractivity contribution in [2.24, 2.45) is 0 Å². The summed E-state index contributed by atoms with van der Waals surface area (Å²) in [5.41, 5.74) is -0.0372. The lowest BCUT2D eigenvalue weighted by Gasteiger charge is -2.03. The highest BCUT2D eigenvalue weighted by molar-refractivity contribution is 5.73. The summed E-state index contributed by atoms with van der Waals surface area (Å²) in [6.07, 6.45) is 0. The number of benzene rings is 2. The van der Waals surface area contributed by atoms with Gasteiger partial charge in [0.2, 0.25) is 0 Å². The van der Waals surface area contributed by atoms with Crippen LogP contribution in [0.15, 0.2) is 47.0 Å². The van der Waals surface area contributed by atoms with Crippen LogP contribution >= 0.6 is 0 Å². The van der Waals surface area contributed by atoms with Crippen molar-refractivity contribution >= 4 is 0 Å². The predicted octanol–water partition coefficient (Wildman–Crippen LogP) is 3.92. The van der Waals surface area contributed by atoms with E-state index in [0.717, 1.165) is 6.07 Å². The molecule has 0 saturated carbocycles. The minimum absolute atomic E-state index is 0.0146. The maximum atomic E-state index is 13.9. The van der Waals surface area contributed by atoms with Gasteiger partial charge in [-0.1, -0.05) is 23.4 Å². The fraction of sp³-hybridized carbons (Fsp3) is 0.0625. The molecule has 2 aromatic carbocycles. The Kier molecular flexibility index (Phi) is 3.68. The van der Waals surface area contributed by atoms with Gasteiger partial charge in [-0.25, -0.2) is 13.2 Å². The number of hydrogen-bond donors (Lipinski definition) is 1. The number of aliphatic hydroxyl groups excluding tert-OH is 1. The molecule has 3 nitrogen and oxygen atoms in total. The van der Waals surface area contributed by atoms with Gasteiger partial charge in [-0.15, -0.1) is 0 Å². The van der Waals surface area contributed by atoms with Crippen LogP contribution in [0.1, 0.15) is 5.56 Å². The van der Waals surface area contributed by atoms with Crippen molar-refractivity contribution in [2.45, 2.75) is 6.61 Å². The van der Waals surface area contributed by atoms with Crippen molar-refractivity contribution in [3.05, 3.63) is 65.5 Å². The lowest BCUT2D eigenvalue weighted by molar-refractivity contribution is 0.281. The molecule has 0 aliphatic rings. The normalized spacial score (nSPS) is 10.9. The fourth-order valence-electron chi connectivity index (χ4n) is 2.21. The summed E-state index contributed by atoms with van der Waals surface area (Å²) in [5.74, 6) is -2.73. The van der Waals surface area contributed by atoms with E-state index in [2.05, 4.69) is 5.16 Å². The van der Waals surface area contributed by atoms with Crippen molar-refractivity contribution < 1.29 is 22.8 Å². The van der Waals surface area contributed by atoms with Gasteiger partial charge in [0, 0.05) is 5.56 Å². The van der Waals surface area contributed by atoms with E-state index >= 15 is 0 Å². The summed E-state index contributed by atoms with van der Waals surface area (Å²) >= 11 is 0. The number of aliphatic hydroxyl groups is 1. The quantitative estimate of drug-likeness (QED) is 0.798. The molecule has 112 valence electrons. The second-order valence-corrected chi connectivity index (χ2v) is 4.58. The molecular weight excluding hydrogens is 295 g/mol. The highest BCUT2D eigenvalue weighted by Crippen LogP contribution is 2.34. The molecule has 0 amide bonds. The van der Waals surface area contributed by atoms with E-state index in [1.807, 2.05) is 0 Å². The summed E-state index contributed by atoms with van der Waals surface area (Å²) in [6, 6.07) is 9.34. The molecule has 6 heteroatoms. The van der Waals surface area contributed by atoms with E-state index in [0.29, 0.717) is 0 Å². The van der Waals surface area contributed by atoms with Crippen molar-refractivity contribution in [3.8, 4) is 22.6 Å². The Labute approximate surface area is 123 Å². The molecule has 1 N–H and O–H groups in total. The minimum atomic E-state index is -1.11. The van der Waals surface area contributed by atoms with Crippen molar-refractivity contribution in [3.63, 3.8) is 0 Å². The molecule has 0 atom stereocenters. The lowest BCUT2D eigenvalue weighted by Crippen LogP contribution is -1.94. The van der Waals surface area contributed by atoms with Crippen molar-refractivity contribution in [1.82, 2.24) is 5.16 Å². The molecular formula is C16H10F3NO2. The third kappa shape index (κ3) is 2.27. The number of hydrogen-bond acceptors (Lipinski definition) is 3. The van der Waals surface area contributed by atoms with Gasteiger partial charge in [0.05, 0.1) is 17.7 Å². The SMILES string of the molecule is OCc1c(-c2cccc(F)c2F)noc1-c1ccccc1F. The second-order valence-electron chi connectivity index (χ2n) is 4.58. The first-order valence-electron chi connectivity index (χ1n) is 6.42. The molecule has 1 aromatic heterocycles. The Bertz CT molecular complexity index is 830.